The maximum absolute atomic E-state index is 11.2. The number of aryl methyl sites for hydroxylation is 1. The molecule has 0 saturated heterocycles. The number of carbonyl (C=O) groups is 1. The Labute approximate surface area is 165 Å². The molecule has 4 nitrogen and oxygen atoms in total. The van der Waals surface area contributed by atoms with Crippen LogP contribution in [0.4, 0.5) is 5.69 Å². The van der Waals surface area contributed by atoms with Gasteiger partial charge in [-0.1, -0.05) is 23.7 Å². The normalized spacial score (nSPS) is 21.7. The van der Waals surface area contributed by atoms with Crippen molar-refractivity contribution in [3.8, 4) is 11.3 Å². The molecule has 1 saturated carbocycles. The lowest BCUT2D eigenvalue weighted by molar-refractivity contribution is -0.119. The zero-order valence-corrected chi connectivity index (χ0v) is 16.3. The predicted molar refractivity (Wildman–Crippen MR) is 110 cm³/mol. The number of hydrogen-bond donors (Lipinski definition) is 2. The maximum atomic E-state index is 11.2. The topological polar surface area (TPSA) is 68.0 Å². The second kappa shape index (κ2) is 7.89. The van der Waals surface area contributed by atoms with Crippen LogP contribution in [-0.4, -0.2) is 16.9 Å². The minimum absolute atomic E-state index is 0.176. The van der Waals surface area contributed by atoms with Crippen molar-refractivity contribution in [3.63, 3.8) is 0 Å². The highest BCUT2D eigenvalue weighted by Crippen LogP contribution is 2.35. The van der Waals surface area contributed by atoms with E-state index in [1.165, 1.54) is 23.4 Å². The Morgan fingerprint density at radius 3 is 2.74 bits per heavy atom. The Kier molecular flexibility index (Phi) is 5.35. The Morgan fingerprint density at radius 2 is 2.00 bits per heavy atom. The predicted octanol–water partition coefficient (Wildman–Crippen LogP) is 4.74. The van der Waals surface area contributed by atoms with Gasteiger partial charge in [0.15, 0.2) is 0 Å². The largest absolute Gasteiger partial charge is 0.382 e. The van der Waals surface area contributed by atoms with E-state index >= 15 is 0 Å². The van der Waals surface area contributed by atoms with Gasteiger partial charge < -0.3 is 11.1 Å². The zero-order chi connectivity index (χ0) is 18.8. The van der Waals surface area contributed by atoms with Gasteiger partial charge in [0.05, 0.1) is 5.69 Å². The van der Waals surface area contributed by atoms with E-state index in [1.54, 1.807) is 0 Å². The third-order valence-electron chi connectivity index (χ3n) is 5.87. The lowest BCUT2D eigenvalue weighted by Crippen LogP contribution is -2.28. The van der Waals surface area contributed by atoms with Crippen molar-refractivity contribution in [2.45, 2.75) is 57.4 Å². The van der Waals surface area contributed by atoms with Gasteiger partial charge in [-0.25, -0.2) is 0 Å². The fourth-order valence-electron chi connectivity index (χ4n) is 4.48. The number of amides is 1. The number of pyridine rings is 1. The molecule has 2 aliphatic carbocycles. The lowest BCUT2D eigenvalue weighted by atomic mass is 9.84. The minimum atomic E-state index is -0.176. The number of nitrogens with two attached hydrogens (primary N) is 1. The van der Waals surface area contributed by atoms with Crippen LogP contribution in [-0.2, 0) is 17.6 Å². The second-order valence-electron chi connectivity index (χ2n) is 7.88. The summed E-state index contributed by atoms with van der Waals surface area (Å²) in [6.07, 6.45) is 8.13. The molecule has 5 heteroatoms. The quantitative estimate of drug-likeness (QED) is 0.783. The standard InChI is InChI=1S/C22H26ClN3O/c23-16-4-1-3-15(12-16)20-13-21(18-5-2-6-19(18)26-20)25-17-9-7-14(8-10-17)11-22(24)27/h1,3-4,12-14,17H,2,5-11H2,(H2,24,27)(H,25,26). The van der Waals surface area contributed by atoms with Crippen LogP contribution < -0.4 is 11.1 Å². The number of primary amides is 1. The van der Waals surface area contributed by atoms with E-state index in [0.29, 0.717) is 18.4 Å². The molecular weight excluding hydrogens is 358 g/mol. The average molecular weight is 384 g/mol. The number of nitrogens with zero attached hydrogens (tertiary/aromatic N) is 1. The zero-order valence-electron chi connectivity index (χ0n) is 15.5. The molecule has 0 radical (unpaired) electrons. The number of carbonyl (C=O) groups excluding carboxylic acids is 1. The number of benzene rings is 1. The van der Waals surface area contributed by atoms with Gasteiger partial charge in [0.1, 0.15) is 0 Å². The minimum Gasteiger partial charge on any atom is -0.382 e. The van der Waals surface area contributed by atoms with Crippen molar-refractivity contribution in [2.75, 3.05) is 5.32 Å². The van der Waals surface area contributed by atoms with E-state index in [1.807, 2.05) is 18.2 Å². The van der Waals surface area contributed by atoms with Gasteiger partial charge in [0.25, 0.3) is 0 Å². The first kappa shape index (κ1) is 18.3. The molecule has 0 aliphatic heterocycles. The number of rotatable bonds is 5. The molecule has 0 bridgehead atoms. The van der Waals surface area contributed by atoms with Crippen LogP contribution in [0.1, 0.15) is 49.8 Å². The van der Waals surface area contributed by atoms with Gasteiger partial charge in [0, 0.05) is 34.4 Å². The summed E-state index contributed by atoms with van der Waals surface area (Å²) < 4.78 is 0. The molecule has 4 rings (SSSR count). The van der Waals surface area contributed by atoms with Crippen LogP contribution in [0.15, 0.2) is 30.3 Å². The molecule has 0 unspecified atom stereocenters. The average Bonchev–Trinajstić information content (AvgIpc) is 3.12. The monoisotopic (exact) mass is 383 g/mol. The molecule has 0 spiro atoms. The SMILES string of the molecule is NC(=O)CC1CCC(Nc2cc(-c3cccc(Cl)c3)nc3c2CCC3)CC1. The fourth-order valence-corrected chi connectivity index (χ4v) is 4.67. The van der Waals surface area contributed by atoms with Gasteiger partial charge in [-0.2, -0.15) is 0 Å². The first-order valence-electron chi connectivity index (χ1n) is 9.92. The first-order valence-corrected chi connectivity index (χ1v) is 10.3. The van der Waals surface area contributed by atoms with Gasteiger partial charge in [-0.15, -0.1) is 0 Å². The molecule has 27 heavy (non-hydrogen) atoms. The highest BCUT2D eigenvalue weighted by molar-refractivity contribution is 6.30. The van der Waals surface area contributed by atoms with Crippen molar-refractivity contribution in [1.82, 2.24) is 4.98 Å². The summed E-state index contributed by atoms with van der Waals surface area (Å²) in [5, 5.41) is 4.52. The fraction of sp³-hybridized carbons (Fsp3) is 0.455. The summed E-state index contributed by atoms with van der Waals surface area (Å²) in [7, 11) is 0. The molecule has 1 heterocycles. The summed E-state index contributed by atoms with van der Waals surface area (Å²) in [5.41, 5.74) is 11.2. The summed E-state index contributed by atoms with van der Waals surface area (Å²) in [6.45, 7) is 0. The van der Waals surface area contributed by atoms with Gasteiger partial charge in [0.2, 0.25) is 5.91 Å². The summed E-state index contributed by atoms with van der Waals surface area (Å²) >= 11 is 6.18. The van der Waals surface area contributed by atoms with E-state index in [-0.39, 0.29) is 5.91 Å². The highest BCUT2D eigenvalue weighted by atomic mass is 35.5. The smallest absolute Gasteiger partial charge is 0.217 e. The number of halogens is 1. The molecule has 1 fully saturated rings. The van der Waals surface area contributed by atoms with Crippen molar-refractivity contribution >= 4 is 23.2 Å². The molecule has 2 aromatic rings. The van der Waals surface area contributed by atoms with Crippen LogP contribution in [0.25, 0.3) is 11.3 Å². The third-order valence-corrected chi connectivity index (χ3v) is 6.10. The molecular formula is C22H26ClN3O. The van der Waals surface area contributed by atoms with Crippen LogP contribution >= 0.6 is 11.6 Å². The molecule has 0 atom stereocenters. The summed E-state index contributed by atoms with van der Waals surface area (Å²) in [4.78, 5) is 16.1. The van der Waals surface area contributed by atoms with E-state index < -0.39 is 0 Å². The van der Waals surface area contributed by atoms with E-state index in [4.69, 9.17) is 22.3 Å². The van der Waals surface area contributed by atoms with Crippen molar-refractivity contribution in [1.29, 1.82) is 0 Å². The molecule has 142 valence electrons. The van der Waals surface area contributed by atoms with E-state index in [2.05, 4.69) is 17.4 Å². The number of fused-ring (bicyclic) bond motifs is 1. The summed E-state index contributed by atoms with van der Waals surface area (Å²) in [5.74, 6) is 0.273. The van der Waals surface area contributed by atoms with Gasteiger partial charge >= 0.3 is 0 Å². The summed E-state index contributed by atoms with van der Waals surface area (Å²) in [6, 6.07) is 10.5. The second-order valence-corrected chi connectivity index (χ2v) is 8.31. The lowest BCUT2D eigenvalue weighted by Gasteiger charge is -2.30. The molecule has 1 amide bonds. The van der Waals surface area contributed by atoms with Crippen molar-refractivity contribution < 1.29 is 4.79 Å². The number of hydrogen-bond acceptors (Lipinski definition) is 3. The molecule has 3 N–H and O–H groups in total. The molecule has 1 aromatic carbocycles. The Morgan fingerprint density at radius 1 is 1.19 bits per heavy atom. The van der Waals surface area contributed by atoms with E-state index in [0.717, 1.165) is 54.8 Å². The Bertz CT molecular complexity index is 843. The van der Waals surface area contributed by atoms with Crippen molar-refractivity contribution in [2.24, 2.45) is 11.7 Å². The first-order chi connectivity index (χ1) is 13.1. The highest BCUT2D eigenvalue weighted by Gasteiger charge is 2.25. The Hall–Kier alpha value is -2.07. The number of nitrogens with one attached hydrogen (secondary N) is 1. The van der Waals surface area contributed by atoms with Crippen LogP contribution in [0.5, 0.6) is 0 Å². The van der Waals surface area contributed by atoms with E-state index in [9.17, 15) is 4.79 Å². The number of anilines is 1. The van der Waals surface area contributed by atoms with Gasteiger partial charge in [-0.3, -0.25) is 9.78 Å². The molecule has 1 aromatic heterocycles. The van der Waals surface area contributed by atoms with Gasteiger partial charge in [-0.05, 0) is 74.6 Å². The maximum Gasteiger partial charge on any atom is 0.217 e. The molecule has 2 aliphatic rings. The van der Waals surface area contributed by atoms with Crippen LogP contribution in [0, 0.1) is 5.92 Å². The number of aromatic nitrogens is 1. The van der Waals surface area contributed by atoms with Crippen LogP contribution in [0.2, 0.25) is 5.02 Å². The Balaban J connectivity index is 1.53. The van der Waals surface area contributed by atoms with Crippen molar-refractivity contribution in [3.05, 3.63) is 46.6 Å². The third kappa shape index (κ3) is 4.27. The van der Waals surface area contributed by atoms with Crippen LogP contribution in [0.3, 0.4) is 0 Å².